The molecule has 0 saturated heterocycles. The Morgan fingerprint density at radius 2 is 1.95 bits per heavy atom. The van der Waals surface area contributed by atoms with Crippen LogP contribution in [0.15, 0.2) is 16.9 Å². The molecule has 1 aliphatic rings. The highest BCUT2D eigenvalue weighted by Crippen LogP contribution is 2.28. The lowest BCUT2D eigenvalue weighted by molar-refractivity contribution is -0.143. The van der Waals surface area contributed by atoms with Gasteiger partial charge in [-0.25, -0.2) is 9.97 Å². The minimum atomic E-state index is -0.644. The fraction of sp³-hybridized carbons (Fsp3) is 0.615. The fourth-order valence-corrected chi connectivity index (χ4v) is 2.64. The van der Waals surface area contributed by atoms with Crippen molar-refractivity contribution in [2.45, 2.75) is 32.2 Å². The Hall–Kier alpha value is -1.01. The molecule has 0 spiro atoms. The summed E-state index contributed by atoms with van der Waals surface area (Å²) in [6.45, 7) is 1.57. The Kier molecular flexibility index (Phi) is 5.27. The summed E-state index contributed by atoms with van der Waals surface area (Å²) < 4.78 is 0.878. The average Bonchev–Trinajstić information content (AvgIpc) is 2.41. The minimum Gasteiger partial charge on any atom is -0.481 e. The lowest BCUT2D eigenvalue weighted by Crippen LogP contribution is -2.28. The van der Waals surface area contributed by atoms with Crippen LogP contribution in [0.2, 0.25) is 0 Å². The molecular formula is C13H18BrN3O2. The SMILES string of the molecule is O=C(O)C1CCC(CNCc2ncc(Br)cn2)CC1. The summed E-state index contributed by atoms with van der Waals surface area (Å²) in [4.78, 5) is 19.2. The highest BCUT2D eigenvalue weighted by molar-refractivity contribution is 9.10. The molecule has 1 aromatic heterocycles. The van der Waals surface area contributed by atoms with Gasteiger partial charge in [-0.1, -0.05) is 0 Å². The highest BCUT2D eigenvalue weighted by atomic mass is 79.9. The maximum absolute atomic E-state index is 10.9. The normalized spacial score (nSPS) is 23.2. The molecule has 1 saturated carbocycles. The zero-order chi connectivity index (χ0) is 13.7. The van der Waals surface area contributed by atoms with E-state index in [0.717, 1.165) is 42.5 Å². The molecule has 1 aromatic rings. The van der Waals surface area contributed by atoms with Crippen molar-refractivity contribution in [1.29, 1.82) is 0 Å². The van der Waals surface area contributed by atoms with E-state index in [9.17, 15) is 4.79 Å². The summed E-state index contributed by atoms with van der Waals surface area (Å²) in [5.41, 5.74) is 0. The van der Waals surface area contributed by atoms with Gasteiger partial charge in [0.25, 0.3) is 0 Å². The Balaban J connectivity index is 1.67. The van der Waals surface area contributed by atoms with Crippen molar-refractivity contribution in [3.63, 3.8) is 0 Å². The van der Waals surface area contributed by atoms with E-state index in [4.69, 9.17) is 5.11 Å². The first-order valence-corrected chi connectivity index (χ1v) is 7.34. The third-order valence-electron chi connectivity index (χ3n) is 3.59. The number of halogens is 1. The van der Waals surface area contributed by atoms with Crippen molar-refractivity contribution in [1.82, 2.24) is 15.3 Å². The quantitative estimate of drug-likeness (QED) is 0.867. The standard InChI is InChI=1S/C13H18BrN3O2/c14-11-6-16-12(17-7-11)8-15-5-9-1-3-10(4-2-9)13(18)19/h6-7,9-10,15H,1-5,8H2,(H,18,19). The molecule has 1 fully saturated rings. The number of nitrogens with zero attached hydrogens (tertiary/aromatic N) is 2. The molecule has 0 aromatic carbocycles. The zero-order valence-electron chi connectivity index (χ0n) is 10.7. The van der Waals surface area contributed by atoms with Gasteiger partial charge in [0.05, 0.1) is 16.9 Å². The number of carboxylic acids is 1. The van der Waals surface area contributed by atoms with Crippen LogP contribution in [0.1, 0.15) is 31.5 Å². The summed E-state index contributed by atoms with van der Waals surface area (Å²) in [6, 6.07) is 0. The number of rotatable bonds is 5. The van der Waals surface area contributed by atoms with E-state index in [1.165, 1.54) is 0 Å². The van der Waals surface area contributed by atoms with Crippen LogP contribution in [0.3, 0.4) is 0 Å². The molecule has 5 nitrogen and oxygen atoms in total. The number of aliphatic carboxylic acids is 1. The van der Waals surface area contributed by atoms with Crippen LogP contribution in [0.5, 0.6) is 0 Å². The Morgan fingerprint density at radius 1 is 1.32 bits per heavy atom. The third-order valence-corrected chi connectivity index (χ3v) is 4.00. The molecule has 104 valence electrons. The topological polar surface area (TPSA) is 75.1 Å². The predicted molar refractivity (Wildman–Crippen MR) is 74.5 cm³/mol. The van der Waals surface area contributed by atoms with Gasteiger partial charge in [0.15, 0.2) is 0 Å². The van der Waals surface area contributed by atoms with Crippen LogP contribution >= 0.6 is 15.9 Å². The molecule has 2 rings (SSSR count). The second-order valence-electron chi connectivity index (χ2n) is 5.00. The monoisotopic (exact) mass is 327 g/mol. The molecule has 1 heterocycles. The lowest BCUT2D eigenvalue weighted by Gasteiger charge is -2.26. The molecule has 0 amide bonds. The Bertz CT molecular complexity index is 416. The first-order chi connectivity index (χ1) is 9.15. The maximum Gasteiger partial charge on any atom is 0.306 e. The third kappa shape index (κ3) is 4.54. The highest BCUT2D eigenvalue weighted by Gasteiger charge is 2.25. The summed E-state index contributed by atoms with van der Waals surface area (Å²) in [5.74, 6) is 0.578. The van der Waals surface area contributed by atoms with Crippen molar-refractivity contribution in [3.8, 4) is 0 Å². The average molecular weight is 328 g/mol. The summed E-state index contributed by atoms with van der Waals surface area (Å²) >= 11 is 3.30. The number of hydrogen-bond acceptors (Lipinski definition) is 4. The van der Waals surface area contributed by atoms with Crippen LogP contribution in [-0.2, 0) is 11.3 Å². The van der Waals surface area contributed by atoms with Gasteiger partial charge in [0.1, 0.15) is 5.82 Å². The zero-order valence-corrected chi connectivity index (χ0v) is 12.3. The van der Waals surface area contributed by atoms with Crippen molar-refractivity contribution in [2.24, 2.45) is 11.8 Å². The number of hydrogen-bond donors (Lipinski definition) is 2. The van der Waals surface area contributed by atoms with Gasteiger partial charge in [0.2, 0.25) is 0 Å². The molecular weight excluding hydrogens is 310 g/mol. The predicted octanol–water partition coefficient (Wildman–Crippen LogP) is 2.22. The molecule has 1 aliphatic carbocycles. The van der Waals surface area contributed by atoms with Gasteiger partial charge in [-0.2, -0.15) is 0 Å². The number of carbonyl (C=O) groups is 1. The number of aromatic nitrogens is 2. The molecule has 19 heavy (non-hydrogen) atoms. The van der Waals surface area contributed by atoms with Gasteiger partial charge in [-0.3, -0.25) is 4.79 Å². The van der Waals surface area contributed by atoms with E-state index in [0.29, 0.717) is 12.5 Å². The molecule has 0 unspecified atom stereocenters. The van der Waals surface area contributed by atoms with E-state index in [2.05, 4.69) is 31.2 Å². The molecule has 6 heteroatoms. The van der Waals surface area contributed by atoms with Gasteiger partial charge in [-0.05, 0) is 54.1 Å². The Morgan fingerprint density at radius 3 is 2.53 bits per heavy atom. The van der Waals surface area contributed by atoms with E-state index < -0.39 is 5.97 Å². The van der Waals surface area contributed by atoms with Crippen LogP contribution < -0.4 is 5.32 Å². The van der Waals surface area contributed by atoms with Crippen molar-refractivity contribution in [3.05, 3.63) is 22.7 Å². The van der Waals surface area contributed by atoms with Crippen molar-refractivity contribution < 1.29 is 9.90 Å². The van der Waals surface area contributed by atoms with E-state index >= 15 is 0 Å². The lowest BCUT2D eigenvalue weighted by atomic mass is 9.82. The summed E-state index contributed by atoms with van der Waals surface area (Å²) in [5, 5.41) is 12.3. The van der Waals surface area contributed by atoms with Crippen molar-refractivity contribution in [2.75, 3.05) is 6.54 Å². The Labute approximate surface area is 121 Å². The molecule has 0 atom stereocenters. The van der Waals surface area contributed by atoms with Crippen LogP contribution in [0.4, 0.5) is 0 Å². The van der Waals surface area contributed by atoms with Gasteiger partial charge in [0, 0.05) is 12.4 Å². The first kappa shape index (κ1) is 14.4. The van der Waals surface area contributed by atoms with Crippen molar-refractivity contribution >= 4 is 21.9 Å². The summed E-state index contributed by atoms with van der Waals surface area (Å²) in [6.07, 6.45) is 7.06. The van der Waals surface area contributed by atoms with E-state index in [1.54, 1.807) is 12.4 Å². The van der Waals surface area contributed by atoms with E-state index in [-0.39, 0.29) is 5.92 Å². The fourth-order valence-electron chi connectivity index (χ4n) is 2.43. The van der Waals surface area contributed by atoms with E-state index in [1.807, 2.05) is 0 Å². The van der Waals surface area contributed by atoms with Crippen LogP contribution in [-0.4, -0.2) is 27.6 Å². The van der Waals surface area contributed by atoms with Gasteiger partial charge >= 0.3 is 5.97 Å². The molecule has 0 bridgehead atoms. The second-order valence-corrected chi connectivity index (χ2v) is 5.92. The summed E-state index contributed by atoms with van der Waals surface area (Å²) in [7, 11) is 0. The minimum absolute atomic E-state index is 0.133. The molecule has 2 N–H and O–H groups in total. The number of nitrogens with one attached hydrogen (secondary N) is 1. The smallest absolute Gasteiger partial charge is 0.306 e. The van der Waals surface area contributed by atoms with Gasteiger partial charge in [-0.15, -0.1) is 0 Å². The first-order valence-electron chi connectivity index (χ1n) is 6.55. The van der Waals surface area contributed by atoms with Gasteiger partial charge < -0.3 is 10.4 Å². The van der Waals surface area contributed by atoms with Crippen LogP contribution in [0, 0.1) is 11.8 Å². The second kappa shape index (κ2) is 6.96. The molecule has 0 aliphatic heterocycles. The molecule has 0 radical (unpaired) electrons. The van der Waals surface area contributed by atoms with Crippen LogP contribution in [0.25, 0.3) is 0 Å². The largest absolute Gasteiger partial charge is 0.481 e. The maximum atomic E-state index is 10.9. The number of carboxylic acid groups (broad SMARTS) is 1.